The van der Waals surface area contributed by atoms with E-state index in [1.165, 1.54) is 49.4 Å². The number of nitrogens with zero attached hydrogens (tertiary/aromatic N) is 1. The molecule has 272 valence electrons. The number of anilines is 3. The van der Waals surface area contributed by atoms with Gasteiger partial charge in [0.05, 0.1) is 11.4 Å². The molecular weight excluding hydrogens is 703 g/mol. The van der Waals surface area contributed by atoms with Crippen molar-refractivity contribution in [1.29, 1.82) is 0 Å². The van der Waals surface area contributed by atoms with Gasteiger partial charge in [0.1, 0.15) is 11.2 Å². The van der Waals surface area contributed by atoms with Crippen molar-refractivity contribution in [1.82, 2.24) is 0 Å². The van der Waals surface area contributed by atoms with E-state index in [0.29, 0.717) is 0 Å². The molecule has 0 saturated heterocycles. The maximum absolute atomic E-state index is 6.62. The molecular formula is C56H37NO. The molecule has 11 rings (SSSR count). The zero-order valence-electron chi connectivity index (χ0n) is 31.7. The molecule has 0 amide bonds. The zero-order chi connectivity index (χ0) is 38.4. The van der Waals surface area contributed by atoms with Gasteiger partial charge in [-0.3, -0.25) is 0 Å². The molecule has 0 fully saturated rings. The van der Waals surface area contributed by atoms with Gasteiger partial charge in [-0.25, -0.2) is 0 Å². The summed E-state index contributed by atoms with van der Waals surface area (Å²) in [6.07, 6.45) is 0. The molecule has 10 aromatic carbocycles. The van der Waals surface area contributed by atoms with Crippen LogP contribution in [0.15, 0.2) is 229 Å². The summed E-state index contributed by atoms with van der Waals surface area (Å²) in [6.45, 7) is 0. The molecule has 2 heteroatoms. The highest BCUT2D eigenvalue weighted by molar-refractivity contribution is 6.24. The summed E-state index contributed by atoms with van der Waals surface area (Å²) >= 11 is 0. The minimum absolute atomic E-state index is 0.859. The predicted molar refractivity (Wildman–Crippen MR) is 245 cm³/mol. The third-order valence-electron chi connectivity index (χ3n) is 11.5. The molecule has 0 radical (unpaired) electrons. The van der Waals surface area contributed by atoms with Crippen molar-refractivity contribution >= 4 is 60.5 Å². The number of fused-ring (bicyclic) bond motifs is 6. The van der Waals surface area contributed by atoms with Crippen LogP contribution in [0.4, 0.5) is 17.1 Å². The summed E-state index contributed by atoms with van der Waals surface area (Å²) in [5.41, 5.74) is 14.3. The monoisotopic (exact) mass is 739 g/mol. The number of benzene rings is 10. The number of rotatable bonds is 7. The van der Waals surface area contributed by atoms with Crippen molar-refractivity contribution < 1.29 is 4.42 Å². The summed E-state index contributed by atoms with van der Waals surface area (Å²) in [5.74, 6) is 0. The van der Waals surface area contributed by atoms with E-state index in [0.717, 1.165) is 55.7 Å². The van der Waals surface area contributed by atoms with Crippen molar-refractivity contribution in [2.24, 2.45) is 0 Å². The summed E-state index contributed by atoms with van der Waals surface area (Å²) < 4.78 is 6.62. The summed E-state index contributed by atoms with van der Waals surface area (Å²) in [4.78, 5) is 2.51. The van der Waals surface area contributed by atoms with Crippen LogP contribution in [-0.4, -0.2) is 0 Å². The Bertz CT molecular complexity index is 3240. The fourth-order valence-corrected chi connectivity index (χ4v) is 8.82. The molecule has 58 heavy (non-hydrogen) atoms. The van der Waals surface area contributed by atoms with Gasteiger partial charge in [-0.2, -0.15) is 0 Å². The van der Waals surface area contributed by atoms with E-state index in [9.17, 15) is 0 Å². The SMILES string of the molecule is c1ccc(-c2ccc(-c3c(N(c4ccc(-c5ccccc5)cc4)c4c(-c5ccccc5)c5ccccc5c5ccccc45)ccc4oc5ccccc5c34)cc2)cc1. The van der Waals surface area contributed by atoms with E-state index in [4.69, 9.17) is 4.42 Å². The van der Waals surface area contributed by atoms with Gasteiger partial charge in [-0.1, -0.05) is 194 Å². The maximum Gasteiger partial charge on any atom is 0.136 e. The van der Waals surface area contributed by atoms with Crippen LogP contribution in [0.5, 0.6) is 0 Å². The van der Waals surface area contributed by atoms with Crippen molar-refractivity contribution in [2.75, 3.05) is 4.90 Å². The maximum atomic E-state index is 6.62. The van der Waals surface area contributed by atoms with E-state index in [1.807, 2.05) is 6.07 Å². The Morgan fingerprint density at radius 3 is 1.33 bits per heavy atom. The van der Waals surface area contributed by atoms with Crippen molar-refractivity contribution in [3.05, 3.63) is 224 Å². The largest absolute Gasteiger partial charge is 0.456 e. The fourth-order valence-electron chi connectivity index (χ4n) is 8.82. The minimum atomic E-state index is 0.859. The molecule has 0 aliphatic carbocycles. The van der Waals surface area contributed by atoms with Crippen molar-refractivity contribution in [3.8, 4) is 44.5 Å². The van der Waals surface area contributed by atoms with Crippen molar-refractivity contribution in [2.45, 2.75) is 0 Å². The van der Waals surface area contributed by atoms with Crippen LogP contribution in [0.25, 0.3) is 88.0 Å². The molecule has 0 bridgehead atoms. The highest BCUT2D eigenvalue weighted by Gasteiger charge is 2.27. The Morgan fingerprint density at radius 2 is 0.707 bits per heavy atom. The van der Waals surface area contributed by atoms with Crippen molar-refractivity contribution in [3.63, 3.8) is 0 Å². The summed E-state index contributed by atoms with van der Waals surface area (Å²) in [7, 11) is 0. The molecule has 0 spiro atoms. The second kappa shape index (κ2) is 14.1. The first-order valence-electron chi connectivity index (χ1n) is 19.8. The average molecular weight is 740 g/mol. The Labute approximate surface area is 337 Å². The second-order valence-electron chi connectivity index (χ2n) is 14.8. The first kappa shape index (κ1) is 33.6. The minimum Gasteiger partial charge on any atom is -0.456 e. The van der Waals surface area contributed by atoms with E-state index >= 15 is 0 Å². The topological polar surface area (TPSA) is 16.4 Å². The van der Waals surface area contributed by atoms with Crippen LogP contribution in [0.2, 0.25) is 0 Å². The highest BCUT2D eigenvalue weighted by Crippen LogP contribution is 2.53. The number of hydrogen-bond donors (Lipinski definition) is 0. The van der Waals surface area contributed by atoms with Gasteiger partial charge in [-0.15, -0.1) is 0 Å². The average Bonchev–Trinajstić information content (AvgIpc) is 3.69. The number of furan rings is 1. The Kier molecular flexibility index (Phi) is 8.19. The van der Waals surface area contributed by atoms with Crippen LogP contribution in [0, 0.1) is 0 Å². The van der Waals surface area contributed by atoms with Gasteiger partial charge in [0, 0.05) is 33.0 Å². The third kappa shape index (κ3) is 5.66. The molecule has 11 aromatic rings. The van der Waals surface area contributed by atoms with Gasteiger partial charge < -0.3 is 9.32 Å². The summed E-state index contributed by atoms with van der Waals surface area (Å²) in [5, 5.41) is 7.01. The second-order valence-corrected chi connectivity index (χ2v) is 14.8. The van der Waals surface area contributed by atoms with Crippen LogP contribution in [-0.2, 0) is 0 Å². The van der Waals surface area contributed by atoms with Crippen LogP contribution in [0.3, 0.4) is 0 Å². The van der Waals surface area contributed by atoms with Gasteiger partial charge >= 0.3 is 0 Å². The molecule has 0 saturated carbocycles. The number of para-hydroxylation sites is 1. The van der Waals surface area contributed by atoms with E-state index < -0.39 is 0 Å². The molecule has 0 atom stereocenters. The normalized spacial score (nSPS) is 11.4. The lowest BCUT2D eigenvalue weighted by molar-refractivity contribution is 0.669. The Balaban J connectivity index is 1.27. The molecule has 0 aliphatic heterocycles. The zero-order valence-corrected chi connectivity index (χ0v) is 31.7. The quantitative estimate of drug-likeness (QED) is 0.151. The molecule has 0 N–H and O–H groups in total. The van der Waals surface area contributed by atoms with E-state index in [2.05, 4.69) is 223 Å². The van der Waals surface area contributed by atoms with Crippen LogP contribution < -0.4 is 4.90 Å². The lowest BCUT2D eigenvalue weighted by Gasteiger charge is -2.32. The summed E-state index contributed by atoms with van der Waals surface area (Å²) in [6, 6.07) is 80.7. The first-order chi connectivity index (χ1) is 28.8. The molecule has 1 aromatic heterocycles. The Hall–Kier alpha value is -7.68. The molecule has 2 nitrogen and oxygen atoms in total. The smallest absolute Gasteiger partial charge is 0.136 e. The molecule has 1 heterocycles. The fraction of sp³-hybridized carbons (Fsp3) is 0. The van der Waals surface area contributed by atoms with Gasteiger partial charge in [0.25, 0.3) is 0 Å². The van der Waals surface area contributed by atoms with Crippen LogP contribution >= 0.6 is 0 Å². The van der Waals surface area contributed by atoms with E-state index in [-0.39, 0.29) is 0 Å². The lowest BCUT2D eigenvalue weighted by Crippen LogP contribution is -2.13. The highest BCUT2D eigenvalue weighted by atomic mass is 16.3. The Morgan fingerprint density at radius 1 is 0.276 bits per heavy atom. The van der Waals surface area contributed by atoms with Gasteiger partial charge in [0.15, 0.2) is 0 Å². The third-order valence-corrected chi connectivity index (χ3v) is 11.5. The van der Waals surface area contributed by atoms with E-state index in [1.54, 1.807) is 0 Å². The predicted octanol–water partition coefficient (Wildman–Crippen LogP) is 16.0. The van der Waals surface area contributed by atoms with Gasteiger partial charge in [0.2, 0.25) is 0 Å². The molecule has 0 unspecified atom stereocenters. The first-order valence-corrected chi connectivity index (χ1v) is 19.8. The standard InChI is InChI=1S/C56H37NO/c1-4-16-38(17-5-1)40-28-30-43(31-29-40)54-50(36-37-52-55(54)49-26-14-15-27-51(49)58-52)57(44-34-32-41(33-35-44)39-18-6-2-7-19-39)56-48-25-13-11-23-46(48)45-22-10-12-24-47(45)53(56)42-20-8-3-9-21-42/h1-37H. The molecule has 0 aliphatic rings. The van der Waals surface area contributed by atoms with Crippen LogP contribution in [0.1, 0.15) is 0 Å². The lowest BCUT2D eigenvalue weighted by atomic mass is 9.89. The van der Waals surface area contributed by atoms with Gasteiger partial charge in [-0.05, 0) is 79.9 Å². The number of hydrogen-bond acceptors (Lipinski definition) is 2.